The largest absolute Gasteiger partial charge is 0.481 e. The van der Waals surface area contributed by atoms with Crippen molar-refractivity contribution in [3.05, 3.63) is 59.7 Å². The minimum absolute atomic E-state index is 0.0929. The Hall–Kier alpha value is -3.35. The van der Waals surface area contributed by atoms with Crippen molar-refractivity contribution in [2.24, 2.45) is 5.92 Å². The molecule has 1 unspecified atom stereocenters. The van der Waals surface area contributed by atoms with Crippen LogP contribution in [0.5, 0.6) is 0 Å². The Labute approximate surface area is 182 Å². The summed E-state index contributed by atoms with van der Waals surface area (Å²) in [6, 6.07) is 14.8. The monoisotopic (exact) mass is 424 g/mol. The number of carboxylic acid groups (broad SMARTS) is 1. The number of nitrogens with zero attached hydrogens (tertiary/aromatic N) is 1. The standard InChI is InChI=1S/C24H28N2O5/c1-15(2)13-26(3)23(29)21(12-22(27)28)25-24(30)31-14-20-18-10-6-4-8-16(18)17-9-5-7-11-19(17)20/h4-11,15,20-21H,12-14H2,1-3H3,(H,25,30)(H,27,28). The van der Waals surface area contributed by atoms with E-state index in [0.29, 0.717) is 6.54 Å². The van der Waals surface area contributed by atoms with Crippen LogP contribution in [0.3, 0.4) is 0 Å². The fraction of sp³-hybridized carbons (Fsp3) is 0.375. The summed E-state index contributed by atoms with van der Waals surface area (Å²) in [7, 11) is 1.59. The van der Waals surface area contributed by atoms with Crippen molar-refractivity contribution in [3.8, 4) is 11.1 Å². The third-order valence-corrected chi connectivity index (χ3v) is 5.33. The number of likely N-dealkylation sites (N-methyl/N-ethyl adjacent to an activating group) is 1. The highest BCUT2D eigenvalue weighted by Gasteiger charge is 2.31. The Morgan fingerprint density at radius 1 is 1.03 bits per heavy atom. The number of fused-ring (bicyclic) bond motifs is 3. The van der Waals surface area contributed by atoms with E-state index in [4.69, 9.17) is 9.84 Å². The van der Waals surface area contributed by atoms with Crippen LogP contribution >= 0.6 is 0 Å². The number of aliphatic carboxylic acids is 1. The number of rotatable bonds is 8. The Balaban J connectivity index is 1.68. The van der Waals surface area contributed by atoms with Crippen molar-refractivity contribution in [1.29, 1.82) is 0 Å². The van der Waals surface area contributed by atoms with Crippen LogP contribution in [0, 0.1) is 5.92 Å². The van der Waals surface area contributed by atoms with Gasteiger partial charge in [-0.05, 0) is 28.2 Å². The van der Waals surface area contributed by atoms with E-state index < -0.39 is 30.4 Å². The van der Waals surface area contributed by atoms with E-state index in [0.717, 1.165) is 22.3 Å². The molecule has 7 nitrogen and oxygen atoms in total. The number of alkyl carbamates (subject to hydrolysis) is 1. The van der Waals surface area contributed by atoms with Crippen molar-refractivity contribution in [2.75, 3.05) is 20.2 Å². The lowest BCUT2D eigenvalue weighted by atomic mass is 9.98. The number of benzene rings is 2. The molecule has 164 valence electrons. The number of carboxylic acids is 1. The molecule has 1 atom stereocenters. The molecule has 0 aromatic heterocycles. The van der Waals surface area contributed by atoms with Crippen LogP contribution in [0.15, 0.2) is 48.5 Å². The van der Waals surface area contributed by atoms with Crippen LogP contribution in [0.1, 0.15) is 37.3 Å². The third kappa shape index (κ3) is 5.23. The van der Waals surface area contributed by atoms with E-state index >= 15 is 0 Å². The summed E-state index contributed by atoms with van der Waals surface area (Å²) >= 11 is 0. The van der Waals surface area contributed by atoms with Crippen molar-refractivity contribution < 1.29 is 24.2 Å². The first-order valence-electron chi connectivity index (χ1n) is 10.4. The van der Waals surface area contributed by atoms with Gasteiger partial charge >= 0.3 is 12.1 Å². The Morgan fingerprint density at radius 3 is 2.10 bits per heavy atom. The number of carbonyl (C=O) groups is 3. The molecule has 2 amide bonds. The van der Waals surface area contributed by atoms with Crippen molar-refractivity contribution >= 4 is 18.0 Å². The van der Waals surface area contributed by atoms with Crippen LogP contribution in [-0.4, -0.2) is 54.2 Å². The Morgan fingerprint density at radius 2 is 1.58 bits per heavy atom. The van der Waals surface area contributed by atoms with Crippen LogP contribution < -0.4 is 5.32 Å². The molecule has 31 heavy (non-hydrogen) atoms. The fourth-order valence-electron chi connectivity index (χ4n) is 4.06. The lowest BCUT2D eigenvalue weighted by Gasteiger charge is -2.25. The first kappa shape index (κ1) is 22.3. The molecule has 7 heteroatoms. The van der Waals surface area contributed by atoms with E-state index in [1.54, 1.807) is 7.05 Å². The van der Waals surface area contributed by atoms with Gasteiger partial charge in [0, 0.05) is 19.5 Å². The summed E-state index contributed by atoms with van der Waals surface area (Å²) in [6.45, 7) is 4.46. The van der Waals surface area contributed by atoms with Gasteiger partial charge in [-0.2, -0.15) is 0 Å². The average molecular weight is 424 g/mol. The zero-order valence-electron chi connectivity index (χ0n) is 18.0. The maximum atomic E-state index is 12.6. The van der Waals surface area contributed by atoms with Gasteiger partial charge in [-0.1, -0.05) is 62.4 Å². The first-order valence-corrected chi connectivity index (χ1v) is 10.4. The molecule has 2 N–H and O–H groups in total. The number of hydrogen-bond donors (Lipinski definition) is 2. The van der Waals surface area contributed by atoms with Crippen molar-refractivity contribution in [2.45, 2.75) is 32.2 Å². The molecule has 0 heterocycles. The van der Waals surface area contributed by atoms with Gasteiger partial charge in [0.2, 0.25) is 5.91 Å². The van der Waals surface area contributed by atoms with Crippen molar-refractivity contribution in [3.63, 3.8) is 0 Å². The molecule has 0 spiro atoms. The third-order valence-electron chi connectivity index (χ3n) is 5.33. The fourth-order valence-corrected chi connectivity index (χ4v) is 4.06. The van der Waals surface area contributed by atoms with Gasteiger partial charge in [-0.25, -0.2) is 4.79 Å². The molecule has 0 saturated carbocycles. The van der Waals surface area contributed by atoms with Gasteiger partial charge in [0.15, 0.2) is 0 Å². The van der Waals surface area contributed by atoms with E-state index in [-0.39, 0.29) is 18.4 Å². The number of hydrogen-bond acceptors (Lipinski definition) is 4. The minimum atomic E-state index is -1.18. The predicted molar refractivity (Wildman–Crippen MR) is 117 cm³/mol. The van der Waals surface area contributed by atoms with Crippen LogP contribution in [0.25, 0.3) is 11.1 Å². The van der Waals surface area contributed by atoms with Gasteiger partial charge in [0.25, 0.3) is 0 Å². The molecule has 2 aromatic carbocycles. The second-order valence-electron chi connectivity index (χ2n) is 8.23. The molecule has 1 aliphatic carbocycles. The van der Waals surface area contributed by atoms with Crippen LogP contribution in [0.2, 0.25) is 0 Å². The normalized spacial score (nSPS) is 13.3. The highest BCUT2D eigenvalue weighted by Crippen LogP contribution is 2.44. The number of ether oxygens (including phenoxy) is 1. The van der Waals surface area contributed by atoms with E-state index in [1.165, 1.54) is 4.90 Å². The highest BCUT2D eigenvalue weighted by atomic mass is 16.5. The quantitative estimate of drug-likeness (QED) is 0.676. The number of nitrogens with one attached hydrogen (secondary N) is 1. The van der Waals surface area contributed by atoms with Gasteiger partial charge in [-0.15, -0.1) is 0 Å². The number of amides is 2. The van der Waals surface area contributed by atoms with Crippen LogP contribution in [-0.2, 0) is 14.3 Å². The molecule has 3 rings (SSSR count). The van der Waals surface area contributed by atoms with Gasteiger partial charge in [0.1, 0.15) is 12.6 Å². The summed E-state index contributed by atoms with van der Waals surface area (Å²) in [4.78, 5) is 37.7. The molecule has 0 aliphatic heterocycles. The zero-order chi connectivity index (χ0) is 22.5. The molecule has 0 fully saturated rings. The zero-order valence-corrected chi connectivity index (χ0v) is 18.0. The summed E-state index contributed by atoms with van der Waals surface area (Å²) in [5.74, 6) is -1.52. The topological polar surface area (TPSA) is 95.9 Å². The molecule has 0 radical (unpaired) electrons. The van der Waals surface area contributed by atoms with Crippen LogP contribution in [0.4, 0.5) is 4.79 Å². The molecular formula is C24H28N2O5. The van der Waals surface area contributed by atoms with Gasteiger partial charge < -0.3 is 20.1 Å². The van der Waals surface area contributed by atoms with E-state index in [1.807, 2.05) is 62.4 Å². The van der Waals surface area contributed by atoms with Gasteiger partial charge in [0.05, 0.1) is 6.42 Å². The molecule has 0 saturated heterocycles. The van der Waals surface area contributed by atoms with E-state index in [9.17, 15) is 14.4 Å². The average Bonchev–Trinajstić information content (AvgIpc) is 3.04. The minimum Gasteiger partial charge on any atom is -0.481 e. The van der Waals surface area contributed by atoms with Crippen molar-refractivity contribution in [1.82, 2.24) is 10.2 Å². The maximum absolute atomic E-state index is 12.6. The predicted octanol–water partition coefficient (Wildman–Crippen LogP) is 3.48. The lowest BCUT2D eigenvalue weighted by Crippen LogP contribution is -2.49. The second-order valence-corrected chi connectivity index (χ2v) is 8.23. The molecular weight excluding hydrogens is 396 g/mol. The smallest absolute Gasteiger partial charge is 0.407 e. The Bertz CT molecular complexity index is 926. The molecule has 0 bridgehead atoms. The van der Waals surface area contributed by atoms with Gasteiger partial charge in [-0.3, -0.25) is 9.59 Å². The molecule has 1 aliphatic rings. The highest BCUT2D eigenvalue weighted by molar-refractivity contribution is 5.89. The SMILES string of the molecule is CC(C)CN(C)C(=O)C(CC(=O)O)NC(=O)OCC1c2ccccc2-c2ccccc21. The summed E-state index contributed by atoms with van der Waals surface area (Å²) in [5, 5.41) is 11.6. The Kier molecular flexibility index (Phi) is 6.95. The molecule has 2 aromatic rings. The second kappa shape index (κ2) is 9.64. The lowest BCUT2D eigenvalue weighted by molar-refractivity contribution is -0.142. The number of carbonyl (C=O) groups excluding carboxylic acids is 2. The summed E-state index contributed by atoms with van der Waals surface area (Å²) in [6.07, 6.45) is -1.31. The van der Waals surface area contributed by atoms with E-state index in [2.05, 4.69) is 5.32 Å². The summed E-state index contributed by atoms with van der Waals surface area (Å²) in [5.41, 5.74) is 4.38. The first-order chi connectivity index (χ1) is 14.8. The maximum Gasteiger partial charge on any atom is 0.407 e. The summed E-state index contributed by atoms with van der Waals surface area (Å²) < 4.78 is 5.45.